The molecule has 1 atom stereocenters. The Labute approximate surface area is 106 Å². The maximum absolute atomic E-state index is 11.9. The third kappa shape index (κ3) is 3.30. The summed E-state index contributed by atoms with van der Waals surface area (Å²) < 4.78 is 0. The summed E-state index contributed by atoms with van der Waals surface area (Å²) >= 11 is 0. The van der Waals surface area contributed by atoms with Crippen LogP contribution in [0.15, 0.2) is 24.3 Å². The summed E-state index contributed by atoms with van der Waals surface area (Å²) in [6.07, 6.45) is 1.48. The zero-order chi connectivity index (χ0) is 13.7. The number of aromatic carboxylic acids is 1. The van der Waals surface area contributed by atoms with Crippen molar-refractivity contribution in [3.05, 3.63) is 29.8 Å². The molecule has 1 aromatic carbocycles. The number of carboxylic acid groups (broad SMARTS) is 1. The van der Waals surface area contributed by atoms with Gasteiger partial charge in [-0.2, -0.15) is 0 Å². The fourth-order valence-corrected chi connectivity index (χ4v) is 1.64. The van der Waals surface area contributed by atoms with Crippen molar-refractivity contribution in [2.24, 2.45) is 5.73 Å². The number of carbonyl (C=O) groups excluding carboxylic acids is 1. The smallest absolute Gasteiger partial charge is 0.335 e. The first-order chi connectivity index (χ1) is 8.47. The fourth-order valence-electron chi connectivity index (χ4n) is 1.64. The Morgan fingerprint density at radius 2 is 1.89 bits per heavy atom. The number of hydrogen-bond donors (Lipinski definition) is 2. The van der Waals surface area contributed by atoms with Crippen molar-refractivity contribution in [2.45, 2.75) is 25.8 Å². The van der Waals surface area contributed by atoms with Crippen LogP contribution in [0.4, 0.5) is 5.69 Å². The van der Waals surface area contributed by atoms with Gasteiger partial charge in [0.2, 0.25) is 5.91 Å². The molecule has 0 spiro atoms. The maximum atomic E-state index is 11.9. The molecule has 5 nitrogen and oxygen atoms in total. The largest absolute Gasteiger partial charge is 0.478 e. The molecular formula is C13H18N2O3. The van der Waals surface area contributed by atoms with E-state index in [1.165, 1.54) is 17.0 Å². The monoisotopic (exact) mass is 250 g/mol. The van der Waals surface area contributed by atoms with E-state index in [0.717, 1.165) is 6.42 Å². The lowest BCUT2D eigenvalue weighted by atomic mass is 10.1. The molecule has 0 unspecified atom stereocenters. The number of amides is 1. The van der Waals surface area contributed by atoms with Gasteiger partial charge in [0.25, 0.3) is 0 Å². The van der Waals surface area contributed by atoms with Crippen LogP contribution >= 0.6 is 0 Å². The molecule has 0 heterocycles. The number of carbonyl (C=O) groups is 2. The molecule has 0 aliphatic carbocycles. The first-order valence-electron chi connectivity index (χ1n) is 5.84. The van der Waals surface area contributed by atoms with E-state index in [4.69, 9.17) is 10.8 Å². The number of rotatable bonds is 5. The maximum Gasteiger partial charge on any atom is 0.335 e. The summed E-state index contributed by atoms with van der Waals surface area (Å²) in [5.41, 5.74) is 6.59. The zero-order valence-electron chi connectivity index (χ0n) is 10.6. The van der Waals surface area contributed by atoms with E-state index >= 15 is 0 Å². The van der Waals surface area contributed by atoms with Crippen LogP contribution in [-0.2, 0) is 4.79 Å². The van der Waals surface area contributed by atoms with E-state index in [0.29, 0.717) is 12.1 Å². The van der Waals surface area contributed by atoms with Crippen molar-refractivity contribution in [3.63, 3.8) is 0 Å². The molecular weight excluding hydrogens is 232 g/mol. The van der Waals surface area contributed by atoms with Gasteiger partial charge in [-0.3, -0.25) is 4.79 Å². The average molecular weight is 250 g/mol. The van der Waals surface area contributed by atoms with Crippen LogP contribution in [0.5, 0.6) is 0 Å². The Morgan fingerprint density at radius 3 is 2.33 bits per heavy atom. The number of likely N-dealkylation sites (N-methyl/N-ethyl adjacent to an activating group) is 1. The Kier molecular flexibility index (Phi) is 4.85. The predicted molar refractivity (Wildman–Crippen MR) is 69.7 cm³/mol. The predicted octanol–water partition coefficient (Wildman–Crippen LogP) is 1.47. The number of nitrogens with two attached hydrogens (primary N) is 1. The highest BCUT2D eigenvalue weighted by atomic mass is 16.4. The van der Waals surface area contributed by atoms with E-state index < -0.39 is 12.0 Å². The molecule has 5 heteroatoms. The van der Waals surface area contributed by atoms with Gasteiger partial charge in [-0.25, -0.2) is 4.79 Å². The van der Waals surface area contributed by atoms with Gasteiger partial charge in [0, 0.05) is 12.7 Å². The summed E-state index contributed by atoms with van der Waals surface area (Å²) in [7, 11) is 1.63. The lowest BCUT2D eigenvalue weighted by Gasteiger charge is -2.21. The number of anilines is 1. The van der Waals surface area contributed by atoms with Crippen molar-refractivity contribution in [1.82, 2.24) is 0 Å². The standard InChI is InChI=1S/C13H18N2O3/c1-3-4-11(14)12(16)15(2)10-7-5-9(6-8-10)13(17)18/h5-8,11H,3-4,14H2,1-2H3,(H,17,18)/t11-/m0/s1. The second-order valence-electron chi connectivity index (χ2n) is 4.14. The molecule has 0 saturated heterocycles. The zero-order valence-corrected chi connectivity index (χ0v) is 10.6. The quantitative estimate of drug-likeness (QED) is 0.829. The molecule has 0 radical (unpaired) electrons. The van der Waals surface area contributed by atoms with Crippen molar-refractivity contribution >= 4 is 17.6 Å². The number of benzene rings is 1. The molecule has 0 aliphatic heterocycles. The second-order valence-corrected chi connectivity index (χ2v) is 4.14. The molecule has 3 N–H and O–H groups in total. The van der Waals surface area contributed by atoms with E-state index in [1.54, 1.807) is 19.2 Å². The molecule has 0 saturated carbocycles. The fraction of sp³-hybridized carbons (Fsp3) is 0.385. The minimum absolute atomic E-state index is 0.167. The molecule has 0 fully saturated rings. The van der Waals surface area contributed by atoms with Crippen LogP contribution in [0.1, 0.15) is 30.1 Å². The summed E-state index contributed by atoms with van der Waals surface area (Å²) in [6.45, 7) is 1.97. The highest BCUT2D eigenvalue weighted by molar-refractivity contribution is 5.97. The SMILES string of the molecule is CCC[C@H](N)C(=O)N(C)c1ccc(C(=O)O)cc1. The number of nitrogens with zero attached hydrogens (tertiary/aromatic N) is 1. The van der Waals surface area contributed by atoms with Crippen LogP contribution in [0, 0.1) is 0 Å². The van der Waals surface area contributed by atoms with Crippen molar-refractivity contribution in [2.75, 3.05) is 11.9 Å². The van der Waals surface area contributed by atoms with Crippen LogP contribution < -0.4 is 10.6 Å². The van der Waals surface area contributed by atoms with Gasteiger partial charge < -0.3 is 15.7 Å². The van der Waals surface area contributed by atoms with E-state index in [9.17, 15) is 9.59 Å². The lowest BCUT2D eigenvalue weighted by Crippen LogP contribution is -2.41. The molecule has 1 aromatic rings. The molecule has 0 aliphatic rings. The van der Waals surface area contributed by atoms with E-state index in [1.807, 2.05) is 6.92 Å². The van der Waals surface area contributed by atoms with E-state index in [2.05, 4.69) is 0 Å². The summed E-state index contributed by atoms with van der Waals surface area (Å²) in [4.78, 5) is 24.1. The van der Waals surface area contributed by atoms with Gasteiger partial charge in [-0.1, -0.05) is 13.3 Å². The highest BCUT2D eigenvalue weighted by Crippen LogP contribution is 2.15. The Hall–Kier alpha value is -1.88. The van der Waals surface area contributed by atoms with Gasteiger partial charge in [0.1, 0.15) is 0 Å². The molecule has 18 heavy (non-hydrogen) atoms. The molecule has 1 amide bonds. The third-order valence-electron chi connectivity index (χ3n) is 2.75. The average Bonchev–Trinajstić information content (AvgIpc) is 2.37. The van der Waals surface area contributed by atoms with Gasteiger partial charge in [-0.15, -0.1) is 0 Å². The normalized spacial score (nSPS) is 11.9. The topological polar surface area (TPSA) is 83.6 Å². The van der Waals surface area contributed by atoms with Crippen LogP contribution in [0.25, 0.3) is 0 Å². The van der Waals surface area contributed by atoms with Crippen molar-refractivity contribution in [1.29, 1.82) is 0 Å². The van der Waals surface area contributed by atoms with Gasteiger partial charge >= 0.3 is 5.97 Å². The minimum atomic E-state index is -0.988. The van der Waals surface area contributed by atoms with Crippen molar-refractivity contribution < 1.29 is 14.7 Å². The van der Waals surface area contributed by atoms with Crippen molar-refractivity contribution in [3.8, 4) is 0 Å². The first kappa shape index (κ1) is 14.2. The van der Waals surface area contributed by atoms with Crippen LogP contribution in [0.2, 0.25) is 0 Å². The summed E-state index contributed by atoms with van der Waals surface area (Å²) in [5, 5.41) is 8.78. The first-order valence-corrected chi connectivity index (χ1v) is 5.84. The second kappa shape index (κ2) is 6.16. The Bertz CT molecular complexity index is 428. The molecule has 0 bridgehead atoms. The minimum Gasteiger partial charge on any atom is -0.478 e. The number of hydrogen-bond acceptors (Lipinski definition) is 3. The molecule has 98 valence electrons. The lowest BCUT2D eigenvalue weighted by molar-refractivity contribution is -0.119. The van der Waals surface area contributed by atoms with E-state index in [-0.39, 0.29) is 11.5 Å². The number of carboxylic acids is 1. The van der Waals surface area contributed by atoms with Gasteiger partial charge in [0.15, 0.2) is 0 Å². The highest BCUT2D eigenvalue weighted by Gasteiger charge is 2.18. The summed E-state index contributed by atoms with van der Waals surface area (Å²) in [5.74, 6) is -1.15. The van der Waals surface area contributed by atoms with Crippen LogP contribution in [-0.4, -0.2) is 30.1 Å². The molecule has 1 rings (SSSR count). The van der Waals surface area contributed by atoms with Gasteiger partial charge in [0.05, 0.1) is 11.6 Å². The Balaban J connectivity index is 2.80. The molecule has 0 aromatic heterocycles. The van der Waals surface area contributed by atoms with Crippen LogP contribution in [0.3, 0.4) is 0 Å². The summed E-state index contributed by atoms with van der Waals surface area (Å²) in [6, 6.07) is 5.61. The van der Waals surface area contributed by atoms with Gasteiger partial charge in [-0.05, 0) is 30.7 Å². The third-order valence-corrected chi connectivity index (χ3v) is 2.75. The Morgan fingerprint density at radius 1 is 1.33 bits per heavy atom.